The van der Waals surface area contributed by atoms with Crippen LogP contribution in [-0.4, -0.2) is 23.4 Å². The fourth-order valence-corrected chi connectivity index (χ4v) is 2.07. The van der Waals surface area contributed by atoms with Gasteiger partial charge >= 0.3 is 5.97 Å². The second-order valence-corrected chi connectivity index (χ2v) is 4.84. The first kappa shape index (κ1) is 17.1. The van der Waals surface area contributed by atoms with Crippen LogP contribution in [0.4, 0.5) is 0 Å². The zero-order chi connectivity index (χ0) is 13.8. The first-order valence-electron chi connectivity index (χ1n) is 7.06. The molecule has 0 spiro atoms. The quantitative estimate of drug-likeness (QED) is 0.527. The number of ketones is 1. The average Bonchev–Trinajstić information content (AvgIpc) is 2.33. The molecule has 0 rings (SSSR count). The van der Waals surface area contributed by atoms with Crippen LogP contribution in [0.25, 0.3) is 0 Å². The molecule has 0 saturated heterocycles. The number of hydrogen-bond acceptors (Lipinski definition) is 3. The maximum absolute atomic E-state index is 11.9. The molecule has 0 bridgehead atoms. The van der Waals surface area contributed by atoms with Gasteiger partial charge in [0.25, 0.3) is 0 Å². The molecule has 18 heavy (non-hydrogen) atoms. The third kappa shape index (κ3) is 9.16. The first-order valence-corrected chi connectivity index (χ1v) is 7.06. The molecule has 3 N–H and O–H groups in total. The van der Waals surface area contributed by atoms with Crippen LogP contribution in [0.2, 0.25) is 0 Å². The van der Waals surface area contributed by atoms with Gasteiger partial charge in [0.2, 0.25) is 0 Å². The summed E-state index contributed by atoms with van der Waals surface area (Å²) in [5.41, 5.74) is 5.47. The number of Topliss-reactive ketones (excluding diaryl/α,β-unsaturated/α-hetero) is 1. The molecule has 0 aliphatic heterocycles. The largest absolute Gasteiger partial charge is 0.481 e. The summed E-state index contributed by atoms with van der Waals surface area (Å²) in [5.74, 6) is -0.803. The van der Waals surface area contributed by atoms with Crippen molar-refractivity contribution in [2.45, 2.75) is 64.7 Å². The van der Waals surface area contributed by atoms with E-state index < -0.39 is 5.97 Å². The number of rotatable bonds is 12. The van der Waals surface area contributed by atoms with Crippen molar-refractivity contribution in [2.24, 2.45) is 11.7 Å². The minimum atomic E-state index is -0.840. The van der Waals surface area contributed by atoms with E-state index in [-0.39, 0.29) is 18.1 Å². The van der Waals surface area contributed by atoms with Gasteiger partial charge in [0, 0.05) is 18.8 Å². The lowest BCUT2D eigenvalue weighted by Crippen LogP contribution is -2.19. The van der Waals surface area contributed by atoms with Gasteiger partial charge in [-0.2, -0.15) is 0 Å². The molecule has 0 radical (unpaired) electrons. The molecular formula is C14H27NO3. The Hall–Kier alpha value is -0.900. The van der Waals surface area contributed by atoms with E-state index in [0.29, 0.717) is 25.8 Å². The number of aliphatic carboxylic acids is 1. The molecule has 0 aliphatic rings. The number of nitrogens with two attached hydrogens (primary N) is 1. The van der Waals surface area contributed by atoms with Crippen LogP contribution in [0.1, 0.15) is 64.7 Å². The van der Waals surface area contributed by atoms with Gasteiger partial charge < -0.3 is 10.8 Å². The monoisotopic (exact) mass is 257 g/mol. The third-order valence-electron chi connectivity index (χ3n) is 3.20. The molecule has 1 atom stereocenters. The summed E-state index contributed by atoms with van der Waals surface area (Å²) in [6, 6.07) is 0. The highest BCUT2D eigenvalue weighted by Gasteiger charge is 2.18. The van der Waals surface area contributed by atoms with Crippen molar-refractivity contribution in [3.05, 3.63) is 0 Å². The van der Waals surface area contributed by atoms with Crippen LogP contribution in [0.3, 0.4) is 0 Å². The molecule has 1 unspecified atom stereocenters. The van der Waals surface area contributed by atoms with Gasteiger partial charge in [0.05, 0.1) is 0 Å². The minimum absolute atomic E-state index is 0.0617. The maximum Gasteiger partial charge on any atom is 0.303 e. The van der Waals surface area contributed by atoms with Crippen LogP contribution in [-0.2, 0) is 9.59 Å². The predicted octanol–water partition coefficient (Wildman–Crippen LogP) is 2.75. The van der Waals surface area contributed by atoms with Crippen molar-refractivity contribution < 1.29 is 14.7 Å². The second-order valence-electron chi connectivity index (χ2n) is 4.84. The van der Waals surface area contributed by atoms with E-state index in [4.69, 9.17) is 10.8 Å². The highest BCUT2D eigenvalue weighted by molar-refractivity contribution is 5.81. The van der Waals surface area contributed by atoms with E-state index in [1.807, 2.05) is 0 Å². The number of carbonyl (C=O) groups excluding carboxylic acids is 1. The normalized spacial score (nSPS) is 12.3. The van der Waals surface area contributed by atoms with Crippen LogP contribution >= 0.6 is 0 Å². The van der Waals surface area contributed by atoms with Crippen LogP contribution < -0.4 is 5.73 Å². The molecule has 0 amide bonds. The summed E-state index contributed by atoms with van der Waals surface area (Å²) in [6.07, 6.45) is 7.30. The molecule has 4 nitrogen and oxygen atoms in total. The van der Waals surface area contributed by atoms with Gasteiger partial charge in [-0.3, -0.25) is 9.59 Å². The summed E-state index contributed by atoms with van der Waals surface area (Å²) in [7, 11) is 0. The molecule has 106 valence electrons. The predicted molar refractivity (Wildman–Crippen MR) is 72.4 cm³/mol. The van der Waals surface area contributed by atoms with E-state index in [1.165, 1.54) is 19.3 Å². The minimum Gasteiger partial charge on any atom is -0.481 e. The van der Waals surface area contributed by atoms with Gasteiger partial charge in [0.15, 0.2) is 0 Å². The van der Waals surface area contributed by atoms with Crippen molar-refractivity contribution in [3.8, 4) is 0 Å². The number of carbonyl (C=O) groups is 2. The highest BCUT2D eigenvalue weighted by atomic mass is 16.4. The van der Waals surface area contributed by atoms with Crippen molar-refractivity contribution in [3.63, 3.8) is 0 Å². The van der Waals surface area contributed by atoms with Crippen LogP contribution in [0, 0.1) is 5.92 Å². The Balaban J connectivity index is 3.86. The van der Waals surface area contributed by atoms with Gasteiger partial charge in [0.1, 0.15) is 5.78 Å². The third-order valence-corrected chi connectivity index (χ3v) is 3.20. The van der Waals surface area contributed by atoms with Crippen molar-refractivity contribution in [1.29, 1.82) is 0 Å². The fraction of sp³-hybridized carbons (Fsp3) is 0.857. The summed E-state index contributed by atoms with van der Waals surface area (Å²) < 4.78 is 0. The fourth-order valence-electron chi connectivity index (χ4n) is 2.07. The van der Waals surface area contributed by atoms with Crippen molar-refractivity contribution >= 4 is 11.8 Å². The summed E-state index contributed by atoms with van der Waals surface area (Å²) in [4.78, 5) is 22.5. The Labute approximate surface area is 110 Å². The van der Waals surface area contributed by atoms with Gasteiger partial charge in [-0.15, -0.1) is 0 Å². The Morgan fingerprint density at radius 1 is 1.06 bits per heavy atom. The standard InChI is InChI=1S/C14H27NO3/c1-2-3-4-5-6-7-13(16)12(10-11-15)8-9-14(17)18/h12H,2-11,15H2,1H3,(H,17,18). The Morgan fingerprint density at radius 2 is 1.72 bits per heavy atom. The molecule has 0 aromatic heterocycles. The van der Waals surface area contributed by atoms with E-state index in [2.05, 4.69) is 6.92 Å². The molecule has 0 aliphatic carbocycles. The first-order chi connectivity index (χ1) is 8.61. The number of hydrogen-bond donors (Lipinski definition) is 2. The van der Waals surface area contributed by atoms with E-state index in [9.17, 15) is 9.59 Å². The van der Waals surface area contributed by atoms with Gasteiger partial charge in [-0.25, -0.2) is 0 Å². The van der Waals surface area contributed by atoms with Gasteiger partial charge in [-0.1, -0.05) is 32.6 Å². The molecule has 0 aromatic rings. The highest BCUT2D eigenvalue weighted by Crippen LogP contribution is 2.16. The van der Waals surface area contributed by atoms with Crippen molar-refractivity contribution in [1.82, 2.24) is 0 Å². The topological polar surface area (TPSA) is 80.4 Å². The zero-order valence-corrected chi connectivity index (χ0v) is 11.5. The lowest BCUT2D eigenvalue weighted by molar-refractivity contribution is -0.137. The Kier molecular flexibility index (Phi) is 10.6. The van der Waals surface area contributed by atoms with Gasteiger partial charge in [-0.05, 0) is 25.8 Å². The molecule has 0 aromatic carbocycles. The molecule has 0 fully saturated rings. The number of unbranched alkanes of at least 4 members (excludes halogenated alkanes) is 4. The zero-order valence-electron chi connectivity index (χ0n) is 11.5. The summed E-state index contributed by atoms with van der Waals surface area (Å²) >= 11 is 0. The Morgan fingerprint density at radius 3 is 2.28 bits per heavy atom. The van der Waals surface area contributed by atoms with E-state index >= 15 is 0 Å². The number of carboxylic acid groups (broad SMARTS) is 1. The maximum atomic E-state index is 11.9. The number of carboxylic acids is 1. The molecule has 4 heteroatoms. The second kappa shape index (κ2) is 11.2. The Bertz CT molecular complexity index is 241. The average molecular weight is 257 g/mol. The lowest BCUT2D eigenvalue weighted by atomic mass is 9.91. The van der Waals surface area contributed by atoms with Crippen molar-refractivity contribution in [2.75, 3.05) is 6.54 Å². The SMILES string of the molecule is CCCCCCCC(=O)C(CCN)CCC(=O)O. The molecule has 0 heterocycles. The van der Waals surface area contributed by atoms with Crippen LogP contribution in [0.15, 0.2) is 0 Å². The molecule has 0 saturated carbocycles. The summed E-state index contributed by atoms with van der Waals surface area (Å²) in [5, 5.41) is 8.64. The molecular weight excluding hydrogens is 230 g/mol. The van der Waals surface area contributed by atoms with Crippen LogP contribution in [0.5, 0.6) is 0 Å². The smallest absolute Gasteiger partial charge is 0.303 e. The lowest BCUT2D eigenvalue weighted by Gasteiger charge is -2.13. The van der Waals surface area contributed by atoms with E-state index in [1.54, 1.807) is 0 Å². The summed E-state index contributed by atoms with van der Waals surface area (Å²) in [6.45, 7) is 2.61. The van der Waals surface area contributed by atoms with E-state index in [0.717, 1.165) is 12.8 Å².